The van der Waals surface area contributed by atoms with Gasteiger partial charge in [-0.3, -0.25) is 0 Å². The van der Waals surface area contributed by atoms with Gasteiger partial charge in [-0.25, -0.2) is 0 Å². The van der Waals surface area contributed by atoms with Gasteiger partial charge in [0, 0.05) is 17.1 Å². The minimum Gasteiger partial charge on any atom is -0.381 e. The second-order valence-electron chi connectivity index (χ2n) is 4.08. The molecule has 0 radical (unpaired) electrons. The number of hydrogen-bond acceptors (Lipinski definition) is 3. The zero-order valence-electron chi connectivity index (χ0n) is 8.69. The second kappa shape index (κ2) is 4.32. The number of hydrogen-bond donors (Lipinski definition) is 1. The Morgan fingerprint density at radius 1 is 1.36 bits per heavy atom. The first-order valence-corrected chi connectivity index (χ1v) is 6.12. The van der Waals surface area contributed by atoms with Crippen molar-refractivity contribution >= 4 is 17.0 Å². The van der Waals surface area contributed by atoms with Crippen molar-refractivity contribution in [2.24, 2.45) is 0 Å². The van der Waals surface area contributed by atoms with E-state index in [2.05, 4.69) is 36.0 Å². The van der Waals surface area contributed by atoms with Gasteiger partial charge in [-0.1, -0.05) is 0 Å². The van der Waals surface area contributed by atoms with E-state index in [1.807, 2.05) is 0 Å². The highest BCUT2D eigenvalue weighted by molar-refractivity contribution is 7.08. The van der Waals surface area contributed by atoms with Crippen molar-refractivity contribution in [2.75, 3.05) is 5.32 Å². The van der Waals surface area contributed by atoms with Gasteiger partial charge in [-0.15, -0.1) is 0 Å². The van der Waals surface area contributed by atoms with E-state index in [1.165, 1.54) is 5.69 Å². The normalized spacial score (nSPS) is 32.9. The van der Waals surface area contributed by atoms with Gasteiger partial charge >= 0.3 is 0 Å². The first kappa shape index (κ1) is 9.99. The van der Waals surface area contributed by atoms with Crippen LogP contribution in [0.2, 0.25) is 0 Å². The highest BCUT2D eigenvalue weighted by Crippen LogP contribution is 2.23. The minimum atomic E-state index is 0.384. The molecule has 1 aliphatic heterocycles. The fourth-order valence-electron chi connectivity index (χ4n) is 2.11. The van der Waals surface area contributed by atoms with Gasteiger partial charge in [0.25, 0.3) is 0 Å². The molecule has 0 bridgehead atoms. The van der Waals surface area contributed by atoms with E-state index in [9.17, 15) is 0 Å². The monoisotopic (exact) mass is 211 g/mol. The number of rotatable bonds is 2. The first-order chi connectivity index (χ1) is 6.74. The van der Waals surface area contributed by atoms with E-state index in [-0.39, 0.29) is 0 Å². The zero-order chi connectivity index (χ0) is 9.97. The van der Waals surface area contributed by atoms with Gasteiger partial charge in [0.05, 0.1) is 12.2 Å². The van der Waals surface area contributed by atoms with Crippen LogP contribution in [0.15, 0.2) is 16.8 Å². The Balaban J connectivity index is 1.91. The average Bonchev–Trinajstić information content (AvgIpc) is 2.54. The van der Waals surface area contributed by atoms with Crippen molar-refractivity contribution in [3.63, 3.8) is 0 Å². The Hall–Kier alpha value is -0.540. The Labute approximate surface area is 89.3 Å². The summed E-state index contributed by atoms with van der Waals surface area (Å²) in [6.45, 7) is 4.30. The summed E-state index contributed by atoms with van der Waals surface area (Å²) in [6, 6.07) is 2.71. The molecule has 1 aromatic rings. The van der Waals surface area contributed by atoms with E-state index in [1.54, 1.807) is 11.3 Å². The van der Waals surface area contributed by atoms with Crippen molar-refractivity contribution in [2.45, 2.75) is 44.9 Å². The maximum atomic E-state index is 5.70. The number of thiophene rings is 1. The molecule has 2 heterocycles. The van der Waals surface area contributed by atoms with Crippen LogP contribution in [0.1, 0.15) is 26.7 Å². The molecule has 1 aliphatic rings. The van der Waals surface area contributed by atoms with Gasteiger partial charge in [0.15, 0.2) is 0 Å². The van der Waals surface area contributed by atoms with E-state index >= 15 is 0 Å². The van der Waals surface area contributed by atoms with Crippen LogP contribution in [0.25, 0.3) is 0 Å². The maximum Gasteiger partial charge on any atom is 0.0570 e. The number of anilines is 1. The third-order valence-corrected chi connectivity index (χ3v) is 3.27. The molecule has 78 valence electrons. The van der Waals surface area contributed by atoms with E-state index < -0.39 is 0 Å². The predicted molar refractivity (Wildman–Crippen MR) is 61.0 cm³/mol. The molecule has 2 rings (SSSR count). The smallest absolute Gasteiger partial charge is 0.0570 e. The van der Waals surface area contributed by atoms with Crippen molar-refractivity contribution in [3.8, 4) is 0 Å². The van der Waals surface area contributed by atoms with Crippen LogP contribution in [0, 0.1) is 0 Å². The van der Waals surface area contributed by atoms with Gasteiger partial charge < -0.3 is 10.1 Å². The molecule has 1 aromatic heterocycles. The van der Waals surface area contributed by atoms with Crippen LogP contribution in [-0.2, 0) is 4.74 Å². The fourth-order valence-corrected chi connectivity index (χ4v) is 2.70. The molecule has 14 heavy (non-hydrogen) atoms. The van der Waals surface area contributed by atoms with Crippen LogP contribution in [0.4, 0.5) is 5.69 Å². The van der Waals surface area contributed by atoms with E-state index in [4.69, 9.17) is 4.74 Å². The summed E-state index contributed by atoms with van der Waals surface area (Å²) in [7, 11) is 0. The van der Waals surface area contributed by atoms with Crippen LogP contribution in [0.3, 0.4) is 0 Å². The molecule has 0 aliphatic carbocycles. The molecular formula is C11H17NOS. The highest BCUT2D eigenvalue weighted by Gasteiger charge is 2.23. The lowest BCUT2D eigenvalue weighted by Gasteiger charge is -2.32. The Bertz CT molecular complexity index is 263. The molecule has 0 spiro atoms. The quantitative estimate of drug-likeness (QED) is 0.811. The topological polar surface area (TPSA) is 21.3 Å². The van der Waals surface area contributed by atoms with Crippen LogP contribution in [-0.4, -0.2) is 18.2 Å². The molecular weight excluding hydrogens is 194 g/mol. The van der Waals surface area contributed by atoms with E-state index in [0.29, 0.717) is 18.2 Å². The van der Waals surface area contributed by atoms with Crippen LogP contribution in [0.5, 0.6) is 0 Å². The summed E-state index contributed by atoms with van der Waals surface area (Å²) in [4.78, 5) is 0. The van der Waals surface area contributed by atoms with Gasteiger partial charge in [0.2, 0.25) is 0 Å². The summed E-state index contributed by atoms with van der Waals surface area (Å²) < 4.78 is 5.70. The molecule has 0 aromatic carbocycles. The largest absolute Gasteiger partial charge is 0.381 e. The summed E-state index contributed by atoms with van der Waals surface area (Å²) in [5.74, 6) is 0. The molecule has 3 heteroatoms. The summed E-state index contributed by atoms with van der Waals surface area (Å²) in [6.07, 6.45) is 2.99. The lowest BCUT2D eigenvalue weighted by atomic mass is 10.00. The highest BCUT2D eigenvalue weighted by atomic mass is 32.1. The SMILES string of the molecule is CC1CC(Nc2ccsc2)CC(C)O1. The standard InChI is InChI=1S/C11H17NOS/c1-8-5-11(6-9(2)13-8)12-10-3-4-14-7-10/h3-4,7-9,11-12H,5-6H2,1-2H3. The van der Waals surface area contributed by atoms with Crippen molar-refractivity contribution in [1.29, 1.82) is 0 Å². The zero-order valence-corrected chi connectivity index (χ0v) is 9.51. The maximum absolute atomic E-state index is 5.70. The molecule has 2 nitrogen and oxygen atoms in total. The average molecular weight is 211 g/mol. The molecule has 1 N–H and O–H groups in total. The third kappa shape index (κ3) is 2.49. The third-order valence-electron chi connectivity index (χ3n) is 2.59. The molecule has 1 saturated heterocycles. The molecule has 0 saturated carbocycles. The summed E-state index contributed by atoms with van der Waals surface area (Å²) in [5, 5.41) is 7.82. The molecule has 0 amide bonds. The van der Waals surface area contributed by atoms with Gasteiger partial charge in [-0.05, 0) is 38.1 Å². The number of ether oxygens (including phenoxy) is 1. The number of nitrogens with one attached hydrogen (secondary N) is 1. The van der Waals surface area contributed by atoms with Gasteiger partial charge in [0.1, 0.15) is 0 Å². The fraction of sp³-hybridized carbons (Fsp3) is 0.636. The first-order valence-electron chi connectivity index (χ1n) is 5.18. The van der Waals surface area contributed by atoms with Gasteiger partial charge in [-0.2, -0.15) is 11.3 Å². The molecule has 2 atom stereocenters. The molecule has 2 unspecified atom stereocenters. The van der Waals surface area contributed by atoms with Crippen LogP contribution < -0.4 is 5.32 Å². The second-order valence-corrected chi connectivity index (χ2v) is 4.86. The lowest BCUT2D eigenvalue weighted by Crippen LogP contribution is -2.36. The Morgan fingerprint density at radius 3 is 2.64 bits per heavy atom. The van der Waals surface area contributed by atoms with Crippen LogP contribution >= 0.6 is 11.3 Å². The van der Waals surface area contributed by atoms with E-state index in [0.717, 1.165) is 12.8 Å². The predicted octanol–water partition coefficient (Wildman–Crippen LogP) is 3.12. The lowest BCUT2D eigenvalue weighted by molar-refractivity contribution is -0.0337. The van der Waals surface area contributed by atoms with Crippen molar-refractivity contribution in [1.82, 2.24) is 0 Å². The Morgan fingerprint density at radius 2 is 2.07 bits per heavy atom. The van der Waals surface area contributed by atoms with Crippen molar-refractivity contribution < 1.29 is 4.74 Å². The molecule has 1 fully saturated rings. The summed E-state index contributed by atoms with van der Waals surface area (Å²) in [5.41, 5.74) is 1.25. The van der Waals surface area contributed by atoms with Crippen molar-refractivity contribution in [3.05, 3.63) is 16.8 Å². The minimum absolute atomic E-state index is 0.384. The Kier molecular flexibility index (Phi) is 3.08. The summed E-state index contributed by atoms with van der Waals surface area (Å²) >= 11 is 1.74.